The van der Waals surface area contributed by atoms with Crippen LogP contribution in [0.3, 0.4) is 0 Å². The Morgan fingerprint density at radius 1 is 1.36 bits per heavy atom. The van der Waals surface area contributed by atoms with Gasteiger partial charge in [0.1, 0.15) is 0 Å². The van der Waals surface area contributed by atoms with Crippen LogP contribution in [-0.2, 0) is 6.54 Å². The van der Waals surface area contributed by atoms with Crippen molar-refractivity contribution in [2.24, 2.45) is 5.92 Å². The Bertz CT molecular complexity index is 236. The van der Waals surface area contributed by atoms with E-state index >= 15 is 0 Å². The van der Waals surface area contributed by atoms with Crippen molar-refractivity contribution in [3.05, 3.63) is 24.5 Å². The second-order valence-corrected chi connectivity index (χ2v) is 3.27. The molecule has 0 aliphatic heterocycles. The summed E-state index contributed by atoms with van der Waals surface area (Å²) >= 11 is 0. The van der Waals surface area contributed by atoms with Crippen molar-refractivity contribution in [3.8, 4) is 0 Å². The van der Waals surface area contributed by atoms with E-state index in [1.807, 2.05) is 24.5 Å². The average Bonchev–Trinajstić information content (AvgIpc) is 2.78. The summed E-state index contributed by atoms with van der Waals surface area (Å²) in [5.74, 6) is 0.934. The number of aromatic nitrogens is 1. The van der Waals surface area contributed by atoms with Crippen LogP contribution in [0.5, 0.6) is 0 Å². The molecule has 0 radical (unpaired) electrons. The van der Waals surface area contributed by atoms with E-state index in [9.17, 15) is 0 Å². The number of nitrogens with zero attached hydrogens (tertiary/aromatic N) is 1. The van der Waals surface area contributed by atoms with Crippen LogP contribution in [0.2, 0.25) is 0 Å². The fourth-order valence-electron chi connectivity index (χ4n) is 1.19. The summed E-state index contributed by atoms with van der Waals surface area (Å²) < 4.78 is 2.20. The van der Waals surface area contributed by atoms with E-state index in [-0.39, 0.29) is 0 Å². The molecule has 1 fully saturated rings. The smallest absolute Gasteiger partial charge is 0.170 e. The molecule has 1 aromatic rings. The Kier molecular flexibility index (Phi) is 1.53. The molecule has 11 heavy (non-hydrogen) atoms. The summed E-state index contributed by atoms with van der Waals surface area (Å²) in [6.45, 7) is 1.17. The third-order valence-electron chi connectivity index (χ3n) is 2.08. The number of pyridine rings is 1. The maximum absolute atomic E-state index is 5.56. The highest BCUT2D eigenvalue weighted by Crippen LogP contribution is 2.28. The zero-order chi connectivity index (χ0) is 7.68. The van der Waals surface area contributed by atoms with E-state index in [1.165, 1.54) is 19.4 Å². The molecule has 1 aliphatic carbocycles. The summed E-state index contributed by atoms with van der Waals surface area (Å²) in [7, 11) is 0. The first-order valence-electron chi connectivity index (χ1n) is 4.09. The largest absolute Gasteiger partial charge is 0.398 e. The van der Waals surface area contributed by atoms with Crippen LogP contribution in [0.4, 0.5) is 5.69 Å². The Labute approximate surface area is 66.7 Å². The molecule has 1 aromatic heterocycles. The van der Waals surface area contributed by atoms with Gasteiger partial charge in [0, 0.05) is 23.7 Å². The van der Waals surface area contributed by atoms with Crippen molar-refractivity contribution >= 4 is 5.69 Å². The quantitative estimate of drug-likeness (QED) is 0.624. The third-order valence-corrected chi connectivity index (χ3v) is 2.08. The van der Waals surface area contributed by atoms with Gasteiger partial charge in [-0.1, -0.05) is 0 Å². The van der Waals surface area contributed by atoms with Crippen LogP contribution < -0.4 is 10.3 Å². The highest BCUT2D eigenvalue weighted by molar-refractivity contribution is 5.32. The predicted octanol–water partition coefficient (Wildman–Crippen LogP) is 0.966. The maximum Gasteiger partial charge on any atom is 0.170 e. The first-order chi connectivity index (χ1) is 5.34. The van der Waals surface area contributed by atoms with E-state index in [4.69, 9.17) is 5.73 Å². The van der Waals surface area contributed by atoms with Gasteiger partial charge in [-0.2, -0.15) is 0 Å². The highest BCUT2D eigenvalue weighted by Gasteiger charge is 2.25. The fourth-order valence-corrected chi connectivity index (χ4v) is 1.19. The van der Waals surface area contributed by atoms with Gasteiger partial charge in [0.15, 0.2) is 18.9 Å². The summed E-state index contributed by atoms with van der Waals surface area (Å²) in [4.78, 5) is 0. The lowest BCUT2D eigenvalue weighted by molar-refractivity contribution is -0.699. The molecule has 0 atom stereocenters. The van der Waals surface area contributed by atoms with E-state index in [0.717, 1.165) is 11.6 Å². The topological polar surface area (TPSA) is 29.9 Å². The normalized spacial score (nSPS) is 16.7. The van der Waals surface area contributed by atoms with Gasteiger partial charge in [-0.05, 0) is 12.8 Å². The molecular formula is C9H13N2+. The summed E-state index contributed by atoms with van der Waals surface area (Å²) in [6.07, 6.45) is 6.90. The van der Waals surface area contributed by atoms with Gasteiger partial charge in [-0.15, -0.1) is 0 Å². The predicted molar refractivity (Wildman–Crippen MR) is 43.8 cm³/mol. The van der Waals surface area contributed by atoms with Crippen molar-refractivity contribution < 1.29 is 4.57 Å². The van der Waals surface area contributed by atoms with Gasteiger partial charge in [0.05, 0.1) is 0 Å². The Morgan fingerprint density at radius 3 is 2.55 bits per heavy atom. The van der Waals surface area contributed by atoms with Crippen molar-refractivity contribution in [2.45, 2.75) is 19.4 Å². The average molecular weight is 149 g/mol. The van der Waals surface area contributed by atoms with Gasteiger partial charge in [0.2, 0.25) is 0 Å². The first kappa shape index (κ1) is 6.65. The number of nitrogen functional groups attached to an aromatic ring is 1. The Hall–Kier alpha value is -1.05. The number of hydrogen-bond acceptors (Lipinski definition) is 1. The van der Waals surface area contributed by atoms with Gasteiger partial charge < -0.3 is 5.73 Å². The molecule has 0 aromatic carbocycles. The summed E-state index contributed by atoms with van der Waals surface area (Å²) in [5.41, 5.74) is 6.40. The second kappa shape index (κ2) is 2.53. The van der Waals surface area contributed by atoms with Crippen molar-refractivity contribution in [2.75, 3.05) is 5.73 Å². The minimum atomic E-state index is 0.844. The molecule has 2 nitrogen and oxygen atoms in total. The van der Waals surface area contributed by atoms with E-state index in [0.29, 0.717) is 0 Å². The van der Waals surface area contributed by atoms with Gasteiger partial charge >= 0.3 is 0 Å². The number of nitrogens with two attached hydrogens (primary N) is 1. The van der Waals surface area contributed by atoms with Crippen molar-refractivity contribution in [1.29, 1.82) is 0 Å². The SMILES string of the molecule is Nc1cc[n+](CC2CC2)cc1. The number of anilines is 1. The molecule has 0 bridgehead atoms. The molecule has 2 heteroatoms. The lowest BCUT2D eigenvalue weighted by Crippen LogP contribution is -2.33. The molecule has 58 valence electrons. The van der Waals surface area contributed by atoms with Gasteiger partial charge in [-0.3, -0.25) is 0 Å². The van der Waals surface area contributed by atoms with Crippen molar-refractivity contribution in [3.63, 3.8) is 0 Å². The minimum Gasteiger partial charge on any atom is -0.398 e. The number of hydrogen-bond donors (Lipinski definition) is 1. The van der Waals surface area contributed by atoms with Crippen LogP contribution >= 0.6 is 0 Å². The molecule has 1 heterocycles. The lowest BCUT2D eigenvalue weighted by atomic mass is 10.4. The summed E-state index contributed by atoms with van der Waals surface area (Å²) in [5, 5.41) is 0. The molecule has 0 spiro atoms. The highest BCUT2D eigenvalue weighted by atomic mass is 14.9. The standard InChI is InChI=1S/C9H12N2/c10-9-3-5-11(6-4-9)7-8-1-2-8/h3-6,8,10H,1-2,7H2/p+1. The van der Waals surface area contributed by atoms with Gasteiger partial charge in [0.25, 0.3) is 0 Å². The fraction of sp³-hybridized carbons (Fsp3) is 0.444. The van der Waals surface area contributed by atoms with Crippen LogP contribution in [0.15, 0.2) is 24.5 Å². The number of rotatable bonds is 2. The van der Waals surface area contributed by atoms with E-state index < -0.39 is 0 Å². The molecule has 0 saturated heterocycles. The maximum atomic E-state index is 5.56. The Morgan fingerprint density at radius 2 is 2.00 bits per heavy atom. The van der Waals surface area contributed by atoms with Crippen molar-refractivity contribution in [1.82, 2.24) is 0 Å². The first-order valence-corrected chi connectivity index (χ1v) is 4.09. The minimum absolute atomic E-state index is 0.844. The molecule has 0 unspecified atom stereocenters. The monoisotopic (exact) mass is 149 g/mol. The van der Waals surface area contributed by atoms with Crippen LogP contribution in [0.1, 0.15) is 12.8 Å². The molecular weight excluding hydrogens is 136 g/mol. The summed E-state index contributed by atoms with van der Waals surface area (Å²) in [6, 6.07) is 3.89. The van der Waals surface area contributed by atoms with Crippen LogP contribution in [0.25, 0.3) is 0 Å². The molecule has 1 saturated carbocycles. The van der Waals surface area contributed by atoms with E-state index in [2.05, 4.69) is 4.57 Å². The van der Waals surface area contributed by atoms with Gasteiger partial charge in [-0.25, -0.2) is 4.57 Å². The van der Waals surface area contributed by atoms with E-state index in [1.54, 1.807) is 0 Å². The lowest BCUT2D eigenvalue weighted by Gasteiger charge is -1.93. The van der Waals surface area contributed by atoms with Crippen LogP contribution in [-0.4, -0.2) is 0 Å². The second-order valence-electron chi connectivity index (χ2n) is 3.27. The third kappa shape index (κ3) is 1.70. The zero-order valence-corrected chi connectivity index (χ0v) is 6.53. The van der Waals surface area contributed by atoms with Crippen LogP contribution in [0, 0.1) is 5.92 Å². The molecule has 2 N–H and O–H groups in total. The molecule has 0 amide bonds. The zero-order valence-electron chi connectivity index (χ0n) is 6.53. The molecule has 2 rings (SSSR count). The molecule has 1 aliphatic rings. The Balaban J connectivity index is 2.06.